The molecule has 5 atom stereocenters. The quantitative estimate of drug-likeness (QED) is 0.323. The molecule has 2 aromatic carbocycles. The molecule has 2 saturated carbocycles. The maximum absolute atomic E-state index is 13.4. The minimum Gasteiger partial charge on any atom is -0.504 e. The third-order valence-electron chi connectivity index (χ3n) is 10.3. The lowest BCUT2D eigenvalue weighted by atomic mass is 9.48. The van der Waals surface area contributed by atoms with Gasteiger partial charge in [-0.3, -0.25) is 19.8 Å². The Bertz CT molecular complexity index is 1450. The molecule has 1 amide bonds. The zero-order valence-electron chi connectivity index (χ0n) is 22.9. The van der Waals surface area contributed by atoms with E-state index in [1.165, 1.54) is 18.9 Å². The van der Waals surface area contributed by atoms with E-state index in [-0.39, 0.29) is 35.2 Å². The summed E-state index contributed by atoms with van der Waals surface area (Å²) in [6.07, 6.45) is 6.97. The van der Waals surface area contributed by atoms with E-state index in [0.717, 1.165) is 24.2 Å². The van der Waals surface area contributed by atoms with Gasteiger partial charge in [0.1, 0.15) is 6.10 Å². The monoisotopic (exact) mass is 545 g/mol. The number of nitro benzene ring substituents is 1. The van der Waals surface area contributed by atoms with E-state index in [1.807, 2.05) is 31.2 Å². The van der Waals surface area contributed by atoms with Gasteiger partial charge in [0.05, 0.1) is 28.0 Å². The number of likely N-dealkylation sites (tertiary alicyclic amines) is 1. The highest BCUT2D eigenvalue weighted by atomic mass is 16.6. The van der Waals surface area contributed by atoms with Crippen LogP contribution in [-0.4, -0.2) is 74.8 Å². The predicted octanol–water partition coefficient (Wildman–Crippen LogP) is 3.71. The molecule has 0 radical (unpaired) electrons. The number of nitro groups is 1. The number of aliphatic hydroxyl groups is 1. The lowest BCUT2D eigenvalue weighted by molar-refractivity contribution is -0.386. The van der Waals surface area contributed by atoms with Gasteiger partial charge in [0, 0.05) is 36.8 Å². The minimum atomic E-state index is -1.18. The second-order valence-electron chi connectivity index (χ2n) is 12.5. The number of aryl methyl sites for hydroxylation is 1. The first-order valence-electron chi connectivity index (χ1n) is 14.3. The molecule has 2 aromatic rings. The third kappa shape index (κ3) is 3.50. The van der Waals surface area contributed by atoms with Crippen molar-refractivity contribution in [2.24, 2.45) is 5.92 Å². The van der Waals surface area contributed by atoms with Crippen molar-refractivity contribution in [3.63, 3.8) is 0 Å². The van der Waals surface area contributed by atoms with E-state index in [2.05, 4.69) is 4.90 Å². The Labute approximate surface area is 233 Å². The van der Waals surface area contributed by atoms with E-state index in [9.17, 15) is 25.1 Å². The van der Waals surface area contributed by atoms with E-state index in [1.54, 1.807) is 24.1 Å². The summed E-state index contributed by atoms with van der Waals surface area (Å²) in [4.78, 5) is 29.2. The Kier molecular flexibility index (Phi) is 5.61. The van der Waals surface area contributed by atoms with Gasteiger partial charge < -0.3 is 19.8 Å². The molecule has 5 aliphatic rings. The van der Waals surface area contributed by atoms with Gasteiger partial charge >= 0.3 is 0 Å². The van der Waals surface area contributed by atoms with Crippen molar-refractivity contribution in [1.82, 2.24) is 9.80 Å². The number of benzene rings is 2. The first-order chi connectivity index (χ1) is 19.1. The third-order valence-corrected chi connectivity index (χ3v) is 10.3. The number of likely N-dealkylation sites (N-methyl/N-ethyl adjacent to an activating group) is 1. The Balaban J connectivity index is 1.30. The van der Waals surface area contributed by atoms with Crippen LogP contribution in [0.5, 0.6) is 11.5 Å². The average Bonchev–Trinajstić information content (AvgIpc) is 3.66. The highest BCUT2D eigenvalue weighted by Gasteiger charge is 2.74. The average molecular weight is 546 g/mol. The first-order valence-corrected chi connectivity index (χ1v) is 14.3. The summed E-state index contributed by atoms with van der Waals surface area (Å²) in [5.74, 6) is 0.394. The van der Waals surface area contributed by atoms with Crippen LogP contribution in [-0.2, 0) is 16.6 Å². The number of phenols is 1. The van der Waals surface area contributed by atoms with Crippen LogP contribution >= 0.6 is 0 Å². The topological polar surface area (TPSA) is 116 Å². The molecule has 3 fully saturated rings. The van der Waals surface area contributed by atoms with Gasteiger partial charge in [-0.15, -0.1) is 0 Å². The van der Waals surface area contributed by atoms with Crippen LogP contribution in [0.3, 0.4) is 0 Å². The molecule has 2 heterocycles. The van der Waals surface area contributed by atoms with Gasteiger partial charge in [-0.25, -0.2) is 0 Å². The molecule has 9 heteroatoms. The molecular weight excluding hydrogens is 510 g/mol. The maximum Gasteiger partial charge on any atom is 0.276 e. The predicted molar refractivity (Wildman–Crippen MR) is 148 cm³/mol. The zero-order valence-corrected chi connectivity index (χ0v) is 22.9. The van der Waals surface area contributed by atoms with Crippen molar-refractivity contribution in [2.45, 2.75) is 74.7 Å². The van der Waals surface area contributed by atoms with Crippen LogP contribution in [0.2, 0.25) is 0 Å². The lowest BCUT2D eigenvalue weighted by Gasteiger charge is -2.64. The Morgan fingerprint density at radius 1 is 1.27 bits per heavy atom. The number of hydrogen-bond donors (Lipinski definition) is 2. The van der Waals surface area contributed by atoms with Crippen molar-refractivity contribution < 1.29 is 24.7 Å². The molecule has 1 spiro atoms. The molecule has 7 rings (SSSR count). The maximum atomic E-state index is 13.4. The number of aromatic hydroxyl groups is 1. The Morgan fingerprint density at radius 3 is 2.80 bits per heavy atom. The number of carbonyl (C=O) groups excluding carboxylic acids is 1. The molecule has 0 aromatic heterocycles. The standard InChI is InChI=1S/C31H35N3O6/c1-18-4-3-5-19(14-18)8-9-26(36)32(2)22-10-11-31(37)25-15-21-23(34(38)39)16-24(35)28-27(21)30(31,29(22)40-28)12-13-33(25)17-20-6-7-20/h3-5,8-9,14,16,20,22,25,29,35,37H,6-7,10-13,15,17H2,1-2H3/b9-8+/t22?,25-,29?,30-,31?/m0/s1. The van der Waals surface area contributed by atoms with Crippen LogP contribution in [0.1, 0.15) is 54.4 Å². The van der Waals surface area contributed by atoms with Crippen LogP contribution in [0.25, 0.3) is 6.08 Å². The van der Waals surface area contributed by atoms with Crippen LogP contribution in [0, 0.1) is 23.0 Å². The highest BCUT2D eigenvalue weighted by molar-refractivity contribution is 5.92. The highest BCUT2D eigenvalue weighted by Crippen LogP contribution is 2.67. The van der Waals surface area contributed by atoms with Crippen LogP contribution < -0.4 is 4.74 Å². The number of carbonyl (C=O) groups is 1. The second kappa shape index (κ2) is 8.78. The van der Waals surface area contributed by atoms with Gasteiger partial charge in [-0.05, 0) is 69.6 Å². The number of piperidine rings is 1. The lowest BCUT2D eigenvalue weighted by Crippen LogP contribution is -2.78. The first kappa shape index (κ1) is 25.5. The SMILES string of the molecule is Cc1cccc(/C=C/C(=O)N(C)C2CCC3(O)[C@@H]4Cc5c([N+](=O)[O-])cc(O)c6c5[C@@]3(CCN4CC3CC3)C2O6)c1. The molecule has 2 aliphatic heterocycles. The van der Waals surface area contributed by atoms with Crippen molar-refractivity contribution in [3.8, 4) is 11.5 Å². The minimum absolute atomic E-state index is 0.118. The fourth-order valence-corrected chi connectivity index (χ4v) is 8.30. The molecule has 3 aliphatic carbocycles. The van der Waals surface area contributed by atoms with Gasteiger partial charge in [0.15, 0.2) is 11.5 Å². The molecular formula is C31H35N3O6. The van der Waals surface area contributed by atoms with Gasteiger partial charge in [0.25, 0.3) is 5.69 Å². The summed E-state index contributed by atoms with van der Waals surface area (Å²) < 4.78 is 6.53. The molecule has 2 N–H and O–H groups in total. The van der Waals surface area contributed by atoms with E-state index in [0.29, 0.717) is 42.7 Å². The smallest absolute Gasteiger partial charge is 0.276 e. The van der Waals surface area contributed by atoms with Crippen LogP contribution in [0.4, 0.5) is 5.69 Å². The summed E-state index contributed by atoms with van der Waals surface area (Å²) in [7, 11) is 1.76. The van der Waals surface area contributed by atoms with E-state index < -0.39 is 22.0 Å². The van der Waals surface area contributed by atoms with E-state index >= 15 is 0 Å². The molecule has 9 nitrogen and oxygen atoms in total. The number of rotatable bonds is 6. The number of phenolic OH excluding ortho intramolecular Hbond substituents is 1. The Morgan fingerprint density at radius 2 is 2.08 bits per heavy atom. The molecule has 3 unspecified atom stereocenters. The molecule has 40 heavy (non-hydrogen) atoms. The summed E-state index contributed by atoms with van der Waals surface area (Å²) in [6.45, 7) is 3.63. The van der Waals surface area contributed by atoms with E-state index in [4.69, 9.17) is 4.74 Å². The van der Waals surface area contributed by atoms with Crippen molar-refractivity contribution in [3.05, 3.63) is 68.8 Å². The molecule has 2 bridgehead atoms. The number of nitrogens with zero attached hydrogens (tertiary/aromatic N) is 3. The Hall–Kier alpha value is -3.43. The van der Waals surface area contributed by atoms with Crippen LogP contribution in [0.15, 0.2) is 36.4 Å². The summed E-state index contributed by atoms with van der Waals surface area (Å²) in [6, 6.07) is 8.45. The van der Waals surface area contributed by atoms with Crippen molar-refractivity contribution in [1.29, 1.82) is 0 Å². The van der Waals surface area contributed by atoms with Crippen molar-refractivity contribution in [2.75, 3.05) is 20.1 Å². The largest absolute Gasteiger partial charge is 0.504 e. The van der Waals surface area contributed by atoms with Gasteiger partial charge in [-0.2, -0.15) is 0 Å². The van der Waals surface area contributed by atoms with Crippen molar-refractivity contribution >= 4 is 17.7 Å². The summed E-state index contributed by atoms with van der Waals surface area (Å²) >= 11 is 0. The summed E-state index contributed by atoms with van der Waals surface area (Å²) in [5.41, 5.74) is 0.954. The zero-order chi connectivity index (χ0) is 28.0. The molecule has 1 saturated heterocycles. The van der Waals surface area contributed by atoms with Gasteiger partial charge in [-0.1, -0.05) is 29.8 Å². The normalized spacial score (nSPS) is 32.0. The molecule has 210 valence electrons. The fraction of sp³-hybridized carbons (Fsp3) is 0.516. The number of hydrogen-bond acceptors (Lipinski definition) is 7. The number of ether oxygens (including phenoxy) is 1. The van der Waals surface area contributed by atoms with Gasteiger partial charge in [0.2, 0.25) is 5.91 Å². The number of amides is 1. The summed E-state index contributed by atoms with van der Waals surface area (Å²) in [5, 5.41) is 35.8. The fourth-order valence-electron chi connectivity index (χ4n) is 8.30. The second-order valence-corrected chi connectivity index (χ2v) is 12.5.